The van der Waals surface area contributed by atoms with Crippen LogP contribution in [0.15, 0.2) is 4.90 Å². The number of rotatable bonds is 6. The minimum absolute atomic E-state index is 0.0189. The van der Waals surface area contributed by atoms with Gasteiger partial charge in [-0.25, -0.2) is 17.9 Å². The molecule has 1 aliphatic carbocycles. The molecule has 1 aliphatic heterocycles. The van der Waals surface area contributed by atoms with Gasteiger partial charge in [0.2, 0.25) is 0 Å². The van der Waals surface area contributed by atoms with Crippen molar-refractivity contribution in [1.29, 1.82) is 0 Å². The van der Waals surface area contributed by atoms with Crippen LogP contribution in [0, 0.1) is 12.8 Å². The fourth-order valence-corrected chi connectivity index (χ4v) is 5.67. The van der Waals surface area contributed by atoms with Gasteiger partial charge in [-0.2, -0.15) is 18.3 Å². The molecule has 2 heterocycles. The molecule has 2 fully saturated rings. The van der Waals surface area contributed by atoms with E-state index in [2.05, 4.69) is 5.10 Å². The number of alkyl halides is 3. The fraction of sp³-hybridized carbons (Fsp3) is 0.750. The number of methoxy groups -OCH3 is 1. The maximum atomic E-state index is 13.1. The van der Waals surface area contributed by atoms with E-state index in [1.54, 1.807) is 0 Å². The molecule has 152 valence electrons. The lowest BCUT2D eigenvalue weighted by Gasteiger charge is -2.26. The molecule has 1 saturated heterocycles. The second kappa shape index (κ2) is 6.99. The highest BCUT2D eigenvalue weighted by molar-refractivity contribution is 7.91. The molecule has 1 saturated carbocycles. The van der Waals surface area contributed by atoms with Gasteiger partial charge in [0.15, 0.2) is 9.84 Å². The van der Waals surface area contributed by atoms with Crippen LogP contribution in [0.2, 0.25) is 0 Å². The first-order valence-electron chi connectivity index (χ1n) is 8.75. The largest absolute Gasteiger partial charge is 0.467 e. The van der Waals surface area contributed by atoms with E-state index < -0.39 is 34.6 Å². The molecule has 0 N–H and O–H groups in total. The maximum absolute atomic E-state index is 13.1. The fourth-order valence-electron chi connectivity index (χ4n) is 3.56. The Hall–Kier alpha value is -1.78. The van der Waals surface area contributed by atoms with Gasteiger partial charge < -0.3 is 9.64 Å². The Balaban J connectivity index is 2.11. The Bertz CT molecular complexity index is 831. The Morgan fingerprint density at radius 3 is 2.52 bits per heavy atom. The van der Waals surface area contributed by atoms with Crippen LogP contribution in [0.25, 0.3) is 0 Å². The highest BCUT2D eigenvalue weighted by Crippen LogP contribution is 2.39. The number of carbonyl (C=O) groups is 1. The minimum Gasteiger partial charge on any atom is -0.467 e. The smallest absolute Gasteiger partial charge is 0.408 e. The number of hydrogen-bond donors (Lipinski definition) is 0. The predicted molar refractivity (Wildman–Crippen MR) is 90.2 cm³/mol. The molecule has 7 nitrogen and oxygen atoms in total. The molecule has 3 rings (SSSR count). The summed E-state index contributed by atoms with van der Waals surface area (Å²) in [7, 11) is -2.63. The number of aryl methyl sites for hydroxylation is 1. The summed E-state index contributed by atoms with van der Waals surface area (Å²) < 4.78 is 70.5. The van der Waals surface area contributed by atoms with Gasteiger partial charge in [0.25, 0.3) is 0 Å². The van der Waals surface area contributed by atoms with Crippen LogP contribution in [-0.2, 0) is 25.9 Å². The molecule has 0 radical (unpaired) electrons. The van der Waals surface area contributed by atoms with E-state index in [9.17, 15) is 26.4 Å². The summed E-state index contributed by atoms with van der Waals surface area (Å²) in [5, 5.41) is 3.88. The van der Waals surface area contributed by atoms with Gasteiger partial charge >= 0.3 is 12.1 Å². The van der Waals surface area contributed by atoms with Crippen molar-refractivity contribution < 1.29 is 31.1 Å². The third kappa shape index (κ3) is 4.22. The zero-order valence-electron chi connectivity index (χ0n) is 15.1. The second-order valence-electron chi connectivity index (χ2n) is 7.11. The second-order valence-corrected chi connectivity index (χ2v) is 9.08. The van der Waals surface area contributed by atoms with Crippen molar-refractivity contribution in [2.24, 2.45) is 5.92 Å². The van der Waals surface area contributed by atoms with Crippen molar-refractivity contribution in [3.63, 3.8) is 0 Å². The van der Waals surface area contributed by atoms with Gasteiger partial charge in [0.1, 0.15) is 23.3 Å². The quantitative estimate of drug-likeness (QED) is 0.669. The van der Waals surface area contributed by atoms with Gasteiger partial charge in [-0.3, -0.25) is 0 Å². The highest BCUT2D eigenvalue weighted by Gasteiger charge is 2.42. The number of nitrogens with zero attached hydrogens (tertiary/aromatic N) is 3. The minimum atomic E-state index is -4.58. The van der Waals surface area contributed by atoms with Gasteiger partial charge in [-0.1, -0.05) is 0 Å². The van der Waals surface area contributed by atoms with E-state index in [1.165, 1.54) is 18.9 Å². The monoisotopic (exact) mass is 409 g/mol. The van der Waals surface area contributed by atoms with E-state index in [1.807, 2.05) is 0 Å². The van der Waals surface area contributed by atoms with Crippen LogP contribution in [0.3, 0.4) is 0 Å². The van der Waals surface area contributed by atoms with Crippen LogP contribution in [0.1, 0.15) is 31.4 Å². The topological polar surface area (TPSA) is 81.5 Å². The van der Waals surface area contributed by atoms with Crippen molar-refractivity contribution in [3.8, 4) is 0 Å². The molecule has 2 aliphatic rings. The molecule has 0 spiro atoms. The molecule has 0 bridgehead atoms. The molecule has 27 heavy (non-hydrogen) atoms. The van der Waals surface area contributed by atoms with Crippen LogP contribution in [-0.4, -0.2) is 55.8 Å². The van der Waals surface area contributed by atoms with E-state index >= 15 is 0 Å². The Kier molecular flexibility index (Phi) is 5.17. The lowest BCUT2D eigenvalue weighted by molar-refractivity contribution is -0.142. The normalized spacial score (nSPS) is 20.9. The first kappa shape index (κ1) is 20.0. The molecule has 1 unspecified atom stereocenters. The average molecular weight is 409 g/mol. The molecule has 1 atom stereocenters. The number of sulfone groups is 1. The molecule has 1 aromatic heterocycles. The summed E-state index contributed by atoms with van der Waals surface area (Å²) in [6, 6.07) is -0.826. The summed E-state index contributed by atoms with van der Waals surface area (Å²) in [5.74, 6) is -0.841. The Morgan fingerprint density at radius 2 is 1.96 bits per heavy atom. The predicted octanol–water partition coefficient (Wildman–Crippen LogP) is 2.08. The van der Waals surface area contributed by atoms with Crippen molar-refractivity contribution in [1.82, 2.24) is 9.78 Å². The van der Waals surface area contributed by atoms with Crippen LogP contribution >= 0.6 is 0 Å². The van der Waals surface area contributed by atoms with Crippen molar-refractivity contribution >= 4 is 21.6 Å². The Labute approximate surface area is 155 Å². The molecule has 1 aromatic rings. The summed E-state index contributed by atoms with van der Waals surface area (Å²) in [6.45, 7) is 0.223. The zero-order chi connectivity index (χ0) is 20.0. The standard InChI is InChI=1S/C16H22F3N3O4S/c1-10-13(27(24,25)8-11-5-6-11)14(22(20-10)9-16(17,18)19)21-7-3-4-12(21)15(23)26-2/h11-12H,3-9H2,1-2H3. The van der Waals surface area contributed by atoms with E-state index in [0.717, 1.165) is 12.8 Å². The number of esters is 1. The van der Waals surface area contributed by atoms with Gasteiger partial charge in [-0.05, 0) is 38.5 Å². The van der Waals surface area contributed by atoms with Gasteiger partial charge in [0.05, 0.1) is 18.6 Å². The maximum Gasteiger partial charge on any atom is 0.408 e. The summed E-state index contributed by atoms with van der Waals surface area (Å²) in [5.41, 5.74) is 0.0189. The number of hydrogen-bond acceptors (Lipinski definition) is 6. The summed E-state index contributed by atoms with van der Waals surface area (Å²) in [4.78, 5) is 13.3. The zero-order valence-corrected chi connectivity index (χ0v) is 15.9. The Morgan fingerprint density at radius 1 is 1.30 bits per heavy atom. The molecular weight excluding hydrogens is 387 g/mol. The van der Waals surface area contributed by atoms with Crippen molar-refractivity contribution in [2.75, 3.05) is 24.3 Å². The van der Waals surface area contributed by atoms with E-state index in [0.29, 0.717) is 17.5 Å². The van der Waals surface area contributed by atoms with Crippen LogP contribution < -0.4 is 4.90 Å². The van der Waals surface area contributed by atoms with E-state index in [4.69, 9.17) is 4.74 Å². The number of carbonyl (C=O) groups excluding carboxylic acids is 1. The summed E-state index contributed by atoms with van der Waals surface area (Å²) >= 11 is 0. The van der Waals surface area contributed by atoms with Crippen molar-refractivity contribution in [3.05, 3.63) is 5.69 Å². The number of aromatic nitrogens is 2. The highest BCUT2D eigenvalue weighted by atomic mass is 32.2. The number of ether oxygens (including phenoxy) is 1. The molecule has 0 amide bonds. The third-order valence-corrected chi connectivity index (χ3v) is 6.85. The first-order valence-corrected chi connectivity index (χ1v) is 10.4. The third-order valence-electron chi connectivity index (χ3n) is 4.84. The van der Waals surface area contributed by atoms with Crippen LogP contribution in [0.5, 0.6) is 0 Å². The van der Waals surface area contributed by atoms with E-state index in [-0.39, 0.29) is 34.6 Å². The van der Waals surface area contributed by atoms with Crippen LogP contribution in [0.4, 0.5) is 19.0 Å². The van der Waals surface area contributed by atoms with Gasteiger partial charge in [-0.15, -0.1) is 0 Å². The number of halogens is 3. The SMILES string of the molecule is COC(=O)C1CCCN1c1c(S(=O)(=O)CC2CC2)c(C)nn1CC(F)(F)F. The lowest BCUT2D eigenvalue weighted by atomic mass is 10.2. The molecule has 11 heteroatoms. The van der Waals surface area contributed by atoms with Crippen molar-refractivity contribution in [2.45, 2.75) is 56.3 Å². The summed E-state index contributed by atoms with van der Waals surface area (Å²) in [6.07, 6.45) is -2.08. The number of anilines is 1. The average Bonchev–Trinajstić information content (AvgIpc) is 3.09. The first-order chi connectivity index (χ1) is 12.5. The molecular formula is C16H22F3N3O4S. The van der Waals surface area contributed by atoms with Gasteiger partial charge in [0, 0.05) is 6.54 Å². The lowest BCUT2D eigenvalue weighted by Crippen LogP contribution is -2.39. The molecule has 0 aromatic carbocycles.